The molecule has 1 atom stereocenters. The molecule has 154 valence electrons. The van der Waals surface area contributed by atoms with Gasteiger partial charge in [0, 0.05) is 6.42 Å². The van der Waals surface area contributed by atoms with Crippen LogP contribution in [0.5, 0.6) is 0 Å². The van der Waals surface area contributed by atoms with E-state index in [9.17, 15) is 14.4 Å². The van der Waals surface area contributed by atoms with Gasteiger partial charge in [0.2, 0.25) is 0 Å². The van der Waals surface area contributed by atoms with Gasteiger partial charge in [-0.2, -0.15) is 0 Å². The van der Waals surface area contributed by atoms with E-state index < -0.39 is 24.0 Å². The van der Waals surface area contributed by atoms with Crippen molar-refractivity contribution in [1.82, 2.24) is 15.6 Å². The van der Waals surface area contributed by atoms with Gasteiger partial charge >= 0.3 is 18.0 Å². The third-order valence-corrected chi connectivity index (χ3v) is 5.45. The molecule has 0 saturated carbocycles. The number of aromatic nitrogens is 1. The molecular formula is C20H23N3O5S. The average Bonchev–Trinajstić information content (AvgIpc) is 3.08. The Balaban J connectivity index is 1.53. The number of esters is 2. The zero-order valence-corrected chi connectivity index (χ0v) is 17.1. The van der Waals surface area contributed by atoms with Crippen LogP contribution in [0, 0.1) is 0 Å². The molecule has 2 N–H and O–H groups in total. The Morgan fingerprint density at radius 2 is 2.03 bits per heavy atom. The molecule has 1 unspecified atom stereocenters. The minimum Gasteiger partial charge on any atom is -0.463 e. The molecule has 8 nitrogen and oxygen atoms in total. The number of para-hydroxylation sites is 1. The van der Waals surface area contributed by atoms with Gasteiger partial charge in [0.15, 0.2) is 0 Å². The first-order valence-corrected chi connectivity index (χ1v) is 10.3. The summed E-state index contributed by atoms with van der Waals surface area (Å²) in [6, 6.07) is 6.92. The highest BCUT2D eigenvalue weighted by molar-refractivity contribution is 7.18. The number of carbonyl (C=O) groups excluding carboxylic acids is 3. The number of benzene rings is 1. The zero-order chi connectivity index (χ0) is 20.8. The van der Waals surface area contributed by atoms with Crippen LogP contribution in [0.2, 0.25) is 0 Å². The van der Waals surface area contributed by atoms with Gasteiger partial charge in [-0.1, -0.05) is 12.1 Å². The molecule has 0 spiro atoms. The first kappa shape index (κ1) is 20.8. The topological polar surface area (TPSA) is 107 Å². The molecule has 0 aliphatic carbocycles. The van der Waals surface area contributed by atoms with Crippen molar-refractivity contribution in [2.75, 3.05) is 13.2 Å². The summed E-state index contributed by atoms with van der Waals surface area (Å²) < 4.78 is 11.4. The number of ether oxygens (including phenoxy) is 2. The van der Waals surface area contributed by atoms with Gasteiger partial charge < -0.3 is 20.1 Å². The summed E-state index contributed by atoms with van der Waals surface area (Å²) in [5, 5.41) is 6.10. The van der Waals surface area contributed by atoms with Gasteiger partial charge in [-0.15, -0.1) is 11.3 Å². The second-order valence-electron chi connectivity index (χ2n) is 6.52. The molecule has 0 bridgehead atoms. The fourth-order valence-electron chi connectivity index (χ4n) is 3.03. The number of aryl methyl sites for hydroxylation is 1. The van der Waals surface area contributed by atoms with Crippen LogP contribution in [0.1, 0.15) is 31.7 Å². The van der Waals surface area contributed by atoms with Crippen LogP contribution in [0.15, 0.2) is 35.5 Å². The summed E-state index contributed by atoms with van der Waals surface area (Å²) in [6.07, 6.45) is 1.51. The van der Waals surface area contributed by atoms with Crippen molar-refractivity contribution in [1.29, 1.82) is 0 Å². The number of amides is 2. The van der Waals surface area contributed by atoms with E-state index in [1.54, 1.807) is 25.2 Å². The van der Waals surface area contributed by atoms with E-state index in [4.69, 9.17) is 9.47 Å². The summed E-state index contributed by atoms with van der Waals surface area (Å²) in [6.45, 7) is 3.39. The van der Waals surface area contributed by atoms with E-state index in [1.807, 2.05) is 24.3 Å². The Morgan fingerprint density at radius 1 is 1.24 bits per heavy atom. The number of hydrogen-bond donors (Lipinski definition) is 2. The van der Waals surface area contributed by atoms with E-state index >= 15 is 0 Å². The lowest BCUT2D eigenvalue weighted by Gasteiger charge is -2.26. The number of fused-ring (bicyclic) bond motifs is 1. The number of urea groups is 1. The molecular weight excluding hydrogens is 394 g/mol. The number of hydrogen-bond acceptors (Lipinski definition) is 7. The van der Waals surface area contributed by atoms with Gasteiger partial charge in [0.1, 0.15) is 6.61 Å². The average molecular weight is 417 g/mol. The fourth-order valence-corrected chi connectivity index (χ4v) is 4.04. The van der Waals surface area contributed by atoms with Gasteiger partial charge in [-0.25, -0.2) is 14.6 Å². The van der Waals surface area contributed by atoms with E-state index in [-0.39, 0.29) is 30.9 Å². The van der Waals surface area contributed by atoms with Gasteiger partial charge in [0.25, 0.3) is 0 Å². The molecule has 0 fully saturated rings. The maximum absolute atomic E-state index is 12.2. The Hall–Kier alpha value is -2.94. The largest absolute Gasteiger partial charge is 0.463 e. The second kappa shape index (κ2) is 9.51. The smallest absolute Gasteiger partial charge is 0.338 e. The second-order valence-corrected chi connectivity index (χ2v) is 7.64. The number of nitrogens with zero attached hydrogens (tertiary/aromatic N) is 1. The van der Waals surface area contributed by atoms with Crippen LogP contribution in [0.25, 0.3) is 10.2 Å². The molecule has 29 heavy (non-hydrogen) atoms. The molecule has 2 amide bonds. The predicted molar refractivity (Wildman–Crippen MR) is 108 cm³/mol. The molecule has 2 aromatic rings. The molecule has 1 aromatic carbocycles. The maximum atomic E-state index is 12.2. The SMILES string of the molecule is CCOC(=O)C1=C(COC(=O)CCCc2nc3ccccc3s2)NC(=O)NC1C. The van der Waals surface area contributed by atoms with Gasteiger partial charge in [-0.05, 0) is 38.8 Å². The van der Waals surface area contributed by atoms with Crippen LogP contribution in [-0.2, 0) is 25.5 Å². The van der Waals surface area contributed by atoms with Crippen molar-refractivity contribution in [3.8, 4) is 0 Å². The highest BCUT2D eigenvalue weighted by Crippen LogP contribution is 2.23. The third kappa shape index (κ3) is 5.32. The maximum Gasteiger partial charge on any atom is 0.338 e. The molecule has 1 aromatic heterocycles. The van der Waals surface area contributed by atoms with Crippen molar-refractivity contribution < 1.29 is 23.9 Å². The Kier molecular flexibility index (Phi) is 6.82. The summed E-state index contributed by atoms with van der Waals surface area (Å²) in [5.41, 5.74) is 1.47. The zero-order valence-electron chi connectivity index (χ0n) is 16.3. The fraction of sp³-hybridized carbons (Fsp3) is 0.400. The lowest BCUT2D eigenvalue weighted by atomic mass is 10.0. The molecule has 1 aliphatic heterocycles. The van der Waals surface area contributed by atoms with Crippen molar-refractivity contribution in [3.05, 3.63) is 40.5 Å². The lowest BCUT2D eigenvalue weighted by Crippen LogP contribution is -2.50. The highest BCUT2D eigenvalue weighted by Gasteiger charge is 2.30. The van der Waals surface area contributed by atoms with Crippen molar-refractivity contribution in [3.63, 3.8) is 0 Å². The van der Waals surface area contributed by atoms with Gasteiger partial charge in [-0.3, -0.25) is 4.79 Å². The number of rotatable bonds is 8. The standard InChI is InChI=1S/C20H23N3O5S/c1-3-27-19(25)18-12(2)21-20(26)23-14(18)11-28-17(24)10-6-9-16-22-13-7-4-5-8-15(13)29-16/h4-5,7-8,12H,3,6,9-11H2,1-2H3,(H2,21,23,26). The quantitative estimate of drug-likeness (QED) is 0.640. The highest BCUT2D eigenvalue weighted by atomic mass is 32.1. The lowest BCUT2D eigenvalue weighted by molar-refractivity contribution is -0.143. The number of carbonyl (C=O) groups is 3. The molecule has 1 aliphatic rings. The summed E-state index contributed by atoms with van der Waals surface area (Å²) in [5.74, 6) is -0.948. The van der Waals surface area contributed by atoms with E-state index in [0.717, 1.165) is 15.2 Å². The van der Waals surface area contributed by atoms with Crippen LogP contribution >= 0.6 is 11.3 Å². The van der Waals surface area contributed by atoms with Crippen molar-refractivity contribution in [2.45, 2.75) is 39.2 Å². The Labute approximate surface area is 172 Å². The minimum atomic E-state index is -0.547. The molecule has 0 radical (unpaired) electrons. The van der Waals surface area contributed by atoms with Crippen LogP contribution < -0.4 is 10.6 Å². The van der Waals surface area contributed by atoms with Crippen LogP contribution in [0.3, 0.4) is 0 Å². The van der Waals surface area contributed by atoms with E-state index in [0.29, 0.717) is 12.8 Å². The minimum absolute atomic E-state index is 0.189. The monoisotopic (exact) mass is 417 g/mol. The van der Waals surface area contributed by atoms with Gasteiger partial charge in [0.05, 0.1) is 39.1 Å². The molecule has 9 heteroatoms. The van der Waals surface area contributed by atoms with Crippen LogP contribution in [0.4, 0.5) is 4.79 Å². The predicted octanol–water partition coefficient (Wildman–Crippen LogP) is 2.68. The van der Waals surface area contributed by atoms with Crippen molar-refractivity contribution >= 4 is 39.5 Å². The van der Waals surface area contributed by atoms with Crippen molar-refractivity contribution in [2.24, 2.45) is 0 Å². The Bertz CT molecular complexity index is 919. The number of thiazole rings is 1. The molecule has 0 saturated heterocycles. The number of nitrogens with one attached hydrogen (secondary N) is 2. The Morgan fingerprint density at radius 3 is 2.79 bits per heavy atom. The first-order chi connectivity index (χ1) is 14.0. The first-order valence-electron chi connectivity index (χ1n) is 9.45. The van der Waals surface area contributed by atoms with E-state index in [1.165, 1.54) is 0 Å². The van der Waals surface area contributed by atoms with E-state index in [2.05, 4.69) is 15.6 Å². The summed E-state index contributed by atoms with van der Waals surface area (Å²) in [4.78, 5) is 40.5. The summed E-state index contributed by atoms with van der Waals surface area (Å²) >= 11 is 1.62. The molecule has 2 heterocycles. The normalized spacial score (nSPS) is 16.3. The van der Waals surface area contributed by atoms with Crippen LogP contribution in [-0.4, -0.2) is 42.2 Å². The summed E-state index contributed by atoms with van der Waals surface area (Å²) in [7, 11) is 0. The molecule has 3 rings (SSSR count). The third-order valence-electron chi connectivity index (χ3n) is 4.35.